The predicted molar refractivity (Wildman–Crippen MR) is 98.7 cm³/mol. The smallest absolute Gasteiger partial charge is 0.392 e. The maximum Gasteiger partial charge on any atom is 0.433 e. The summed E-state index contributed by atoms with van der Waals surface area (Å²) < 4.78 is 38.4. The molecule has 27 heavy (non-hydrogen) atoms. The molecule has 0 unspecified atom stereocenters. The van der Waals surface area contributed by atoms with E-state index < -0.39 is 11.9 Å². The van der Waals surface area contributed by atoms with Gasteiger partial charge < -0.3 is 10.4 Å². The number of nitrogens with one attached hydrogen (secondary N) is 1. The van der Waals surface area contributed by atoms with Crippen LogP contribution in [0.25, 0.3) is 16.5 Å². The summed E-state index contributed by atoms with van der Waals surface area (Å²) in [6.45, 7) is 1.82. The summed E-state index contributed by atoms with van der Waals surface area (Å²) in [4.78, 5) is 12.5. The highest BCUT2D eigenvalue weighted by atomic mass is 32.1. The number of aliphatic hydroxyl groups excluding tert-OH is 1. The van der Waals surface area contributed by atoms with E-state index in [9.17, 15) is 13.2 Å². The second-order valence-electron chi connectivity index (χ2n) is 5.62. The van der Waals surface area contributed by atoms with Crippen molar-refractivity contribution in [3.8, 4) is 10.4 Å². The highest BCUT2D eigenvalue weighted by molar-refractivity contribution is 7.15. The average Bonchev–Trinajstić information content (AvgIpc) is 3.08. The van der Waals surface area contributed by atoms with Crippen LogP contribution in [0.1, 0.15) is 16.3 Å². The van der Waals surface area contributed by atoms with Gasteiger partial charge in [-0.05, 0) is 42.3 Å². The number of aliphatic hydroxyl groups is 1. The number of benzene rings is 1. The van der Waals surface area contributed by atoms with Crippen LogP contribution in [0.5, 0.6) is 0 Å². The second kappa shape index (κ2) is 7.85. The molecule has 0 saturated carbocycles. The molecule has 140 valence electrons. The van der Waals surface area contributed by atoms with E-state index >= 15 is 0 Å². The van der Waals surface area contributed by atoms with Gasteiger partial charge in [-0.3, -0.25) is 0 Å². The van der Waals surface area contributed by atoms with Gasteiger partial charge in [-0.15, -0.1) is 11.3 Å². The lowest BCUT2D eigenvalue weighted by molar-refractivity contribution is -0.141. The van der Waals surface area contributed by atoms with E-state index in [1.165, 1.54) is 11.3 Å². The maximum absolute atomic E-state index is 12.8. The molecule has 0 aliphatic heterocycles. The zero-order valence-corrected chi connectivity index (χ0v) is 15.0. The highest BCUT2D eigenvalue weighted by Crippen LogP contribution is 2.31. The number of anilines is 2. The quantitative estimate of drug-likeness (QED) is 0.660. The fourth-order valence-electron chi connectivity index (χ4n) is 2.36. The molecule has 0 fully saturated rings. The molecule has 3 rings (SSSR count). The number of halogens is 3. The Kier molecular flexibility index (Phi) is 5.52. The summed E-state index contributed by atoms with van der Waals surface area (Å²) in [7, 11) is 0. The number of rotatable bonds is 5. The zero-order chi connectivity index (χ0) is 19.4. The fraction of sp³-hybridized carbons (Fsp3) is 0.167. The normalized spacial score (nSPS) is 11.9. The second-order valence-corrected chi connectivity index (χ2v) is 6.69. The summed E-state index contributed by atoms with van der Waals surface area (Å²) >= 11 is 1.44. The Morgan fingerprint density at radius 2 is 2.04 bits per heavy atom. The number of nitrogens with zero attached hydrogens (tertiary/aromatic N) is 3. The third-order valence-corrected chi connectivity index (χ3v) is 4.47. The summed E-state index contributed by atoms with van der Waals surface area (Å²) in [5.74, 6) is -0.128. The first-order chi connectivity index (χ1) is 12.8. The van der Waals surface area contributed by atoms with Crippen molar-refractivity contribution in [1.82, 2.24) is 15.0 Å². The van der Waals surface area contributed by atoms with Gasteiger partial charge in [-0.1, -0.05) is 12.1 Å². The lowest BCUT2D eigenvalue weighted by atomic mass is 10.1. The monoisotopic (exact) mass is 392 g/mol. The van der Waals surface area contributed by atoms with Crippen molar-refractivity contribution in [2.45, 2.75) is 13.1 Å². The van der Waals surface area contributed by atoms with Gasteiger partial charge >= 0.3 is 6.18 Å². The van der Waals surface area contributed by atoms with Crippen LogP contribution in [0.4, 0.5) is 24.8 Å². The molecule has 0 saturated heterocycles. The van der Waals surface area contributed by atoms with Gasteiger partial charge in [-0.25, -0.2) is 15.0 Å². The molecule has 3 aromatic rings. The Bertz CT molecular complexity index is 969. The van der Waals surface area contributed by atoms with Crippen molar-refractivity contribution in [3.63, 3.8) is 0 Å². The van der Waals surface area contributed by atoms with Gasteiger partial charge in [0, 0.05) is 18.1 Å². The molecule has 2 heterocycles. The number of alkyl halides is 3. The van der Waals surface area contributed by atoms with Gasteiger partial charge in [0.25, 0.3) is 0 Å². The van der Waals surface area contributed by atoms with Crippen molar-refractivity contribution in [2.24, 2.45) is 0 Å². The van der Waals surface area contributed by atoms with Crippen LogP contribution >= 0.6 is 11.3 Å². The number of aryl methyl sites for hydroxylation is 1. The molecule has 0 amide bonds. The standard InChI is InChI=1S/C18H15F3N4OS/c1-11-7-12(14-10-23-16(27-14)3-2-6-26)9-13(8-11)24-17-22-5-4-15(25-17)18(19,20)21/h2-5,7-10,26H,6H2,1H3,(H,22,24,25). The minimum absolute atomic E-state index is 0.0651. The minimum atomic E-state index is -4.53. The molecule has 2 aromatic heterocycles. The molecule has 0 bridgehead atoms. The van der Waals surface area contributed by atoms with Gasteiger partial charge in [0.15, 0.2) is 0 Å². The maximum atomic E-state index is 12.8. The number of thiazole rings is 1. The first-order valence-corrected chi connectivity index (χ1v) is 8.69. The Hall–Kier alpha value is -2.78. The SMILES string of the molecule is Cc1cc(Nc2nccc(C(F)(F)F)n2)cc(-c2cnc(C=CCO)s2)c1. The van der Waals surface area contributed by atoms with E-state index in [-0.39, 0.29) is 12.6 Å². The van der Waals surface area contributed by atoms with Gasteiger partial charge in [-0.2, -0.15) is 13.2 Å². The zero-order valence-electron chi connectivity index (χ0n) is 14.2. The van der Waals surface area contributed by atoms with E-state index in [4.69, 9.17) is 5.11 Å². The molecular formula is C18H15F3N4OS. The molecule has 9 heteroatoms. The lowest BCUT2D eigenvalue weighted by Crippen LogP contribution is -2.10. The van der Waals surface area contributed by atoms with E-state index in [1.54, 1.807) is 30.5 Å². The van der Waals surface area contributed by atoms with Crippen molar-refractivity contribution in [2.75, 3.05) is 11.9 Å². The van der Waals surface area contributed by atoms with Crippen molar-refractivity contribution >= 4 is 29.0 Å². The van der Waals surface area contributed by atoms with Crippen molar-refractivity contribution in [1.29, 1.82) is 0 Å². The Labute approximate surface area is 157 Å². The first-order valence-electron chi connectivity index (χ1n) is 7.88. The number of aromatic nitrogens is 3. The summed E-state index contributed by atoms with van der Waals surface area (Å²) in [5.41, 5.74) is 1.36. The molecule has 0 spiro atoms. The number of hydrogen-bond acceptors (Lipinski definition) is 6. The molecule has 1 aromatic carbocycles. The topological polar surface area (TPSA) is 70.9 Å². The molecule has 0 aliphatic rings. The third-order valence-electron chi connectivity index (χ3n) is 3.45. The van der Waals surface area contributed by atoms with Crippen LogP contribution in [0.2, 0.25) is 0 Å². The summed E-state index contributed by atoms with van der Waals surface area (Å²) in [6, 6.07) is 6.36. The van der Waals surface area contributed by atoms with Crippen LogP contribution in [-0.2, 0) is 6.18 Å². The van der Waals surface area contributed by atoms with Crippen LogP contribution in [0.15, 0.2) is 42.7 Å². The molecular weight excluding hydrogens is 377 g/mol. The van der Waals surface area contributed by atoms with Gasteiger partial charge in [0.2, 0.25) is 5.95 Å². The van der Waals surface area contributed by atoms with E-state index in [2.05, 4.69) is 20.3 Å². The molecule has 0 aliphatic carbocycles. The van der Waals surface area contributed by atoms with E-state index in [0.29, 0.717) is 5.69 Å². The Morgan fingerprint density at radius 1 is 1.22 bits per heavy atom. The predicted octanol–water partition coefficient (Wildman–Crippen LogP) is 4.68. The average molecular weight is 392 g/mol. The van der Waals surface area contributed by atoms with Crippen molar-refractivity contribution in [3.05, 3.63) is 59.0 Å². The third kappa shape index (κ3) is 4.89. The minimum Gasteiger partial charge on any atom is -0.392 e. The van der Waals surface area contributed by atoms with E-state index in [0.717, 1.165) is 33.3 Å². The lowest BCUT2D eigenvalue weighted by Gasteiger charge is -2.10. The largest absolute Gasteiger partial charge is 0.433 e. The first kappa shape index (κ1) is 19.0. The molecule has 0 atom stereocenters. The van der Waals surface area contributed by atoms with E-state index in [1.807, 2.05) is 13.0 Å². The Morgan fingerprint density at radius 3 is 2.78 bits per heavy atom. The molecule has 2 N–H and O–H groups in total. The van der Waals surface area contributed by atoms with Crippen LogP contribution in [0.3, 0.4) is 0 Å². The van der Waals surface area contributed by atoms with Gasteiger partial charge in [0.1, 0.15) is 10.7 Å². The van der Waals surface area contributed by atoms with Crippen LogP contribution in [0, 0.1) is 6.92 Å². The van der Waals surface area contributed by atoms with Crippen LogP contribution < -0.4 is 5.32 Å². The Balaban J connectivity index is 1.88. The van der Waals surface area contributed by atoms with Crippen LogP contribution in [-0.4, -0.2) is 26.7 Å². The van der Waals surface area contributed by atoms with Crippen molar-refractivity contribution < 1.29 is 18.3 Å². The summed E-state index contributed by atoms with van der Waals surface area (Å²) in [5, 5.41) is 12.4. The number of hydrogen-bond donors (Lipinski definition) is 2. The highest BCUT2D eigenvalue weighted by Gasteiger charge is 2.32. The molecule has 5 nitrogen and oxygen atoms in total. The van der Waals surface area contributed by atoms with Gasteiger partial charge in [0.05, 0.1) is 11.5 Å². The summed E-state index contributed by atoms with van der Waals surface area (Å²) in [6.07, 6.45) is 1.56. The fourth-order valence-corrected chi connectivity index (χ4v) is 3.19. The molecule has 0 radical (unpaired) electrons.